The van der Waals surface area contributed by atoms with E-state index in [1.54, 1.807) is 17.6 Å². The van der Waals surface area contributed by atoms with Gasteiger partial charge in [0.1, 0.15) is 6.26 Å². The lowest BCUT2D eigenvalue weighted by Gasteiger charge is -2.36. The Morgan fingerprint density at radius 1 is 1.31 bits per heavy atom. The van der Waals surface area contributed by atoms with E-state index in [2.05, 4.69) is 39.1 Å². The molecule has 1 aliphatic heterocycles. The Kier molecular flexibility index (Phi) is 8.29. The van der Waals surface area contributed by atoms with Gasteiger partial charge in [-0.25, -0.2) is 9.98 Å². The van der Waals surface area contributed by atoms with Gasteiger partial charge in [0.25, 0.3) is 0 Å². The largest absolute Gasteiger partial charge is 0.364 e. The molecule has 1 saturated heterocycles. The number of hydrogen-bond acceptors (Lipinski definition) is 6. The van der Waals surface area contributed by atoms with Crippen LogP contribution in [0.3, 0.4) is 0 Å². The fourth-order valence-electron chi connectivity index (χ4n) is 2.96. The molecule has 0 aliphatic carbocycles. The normalized spacial score (nSPS) is 15.8. The molecule has 1 N–H and O–H groups in total. The van der Waals surface area contributed by atoms with E-state index in [1.807, 2.05) is 13.0 Å². The van der Waals surface area contributed by atoms with Gasteiger partial charge in [-0.3, -0.25) is 4.90 Å². The number of rotatable bonds is 5. The minimum absolute atomic E-state index is 0. The maximum absolute atomic E-state index is 4.91. The van der Waals surface area contributed by atoms with Gasteiger partial charge in [-0.1, -0.05) is 5.16 Å². The minimum Gasteiger partial charge on any atom is -0.364 e. The predicted octanol–water partition coefficient (Wildman–Crippen LogP) is 2.65. The van der Waals surface area contributed by atoms with Crippen molar-refractivity contribution in [1.29, 1.82) is 0 Å². The molecule has 3 heterocycles. The number of nitrogens with zero attached hydrogens (tertiary/aromatic N) is 5. The lowest BCUT2D eigenvalue weighted by molar-refractivity contribution is 0.169. The van der Waals surface area contributed by atoms with Gasteiger partial charge in [0.05, 0.1) is 22.9 Å². The van der Waals surface area contributed by atoms with Crippen LogP contribution in [0, 0.1) is 13.8 Å². The second kappa shape index (κ2) is 10.2. The van der Waals surface area contributed by atoms with Crippen molar-refractivity contribution < 1.29 is 4.52 Å². The van der Waals surface area contributed by atoms with E-state index in [1.165, 1.54) is 4.88 Å². The number of piperazine rings is 1. The summed E-state index contributed by atoms with van der Waals surface area (Å²) < 4.78 is 4.91. The van der Waals surface area contributed by atoms with Gasteiger partial charge in [-0.15, -0.1) is 35.3 Å². The minimum atomic E-state index is 0. The standard InChI is InChI=1S/C17H26N6OS.HI/c1-4-18-17(19-11-16-13(2)20-14(3)25-16)23-8-6-22(7-9-23)12-15-5-10-24-21-15;/h5,10H,4,6-9,11-12H2,1-3H3,(H,18,19);1H. The molecule has 0 bridgehead atoms. The van der Waals surface area contributed by atoms with E-state index in [-0.39, 0.29) is 24.0 Å². The van der Waals surface area contributed by atoms with Crippen LogP contribution in [0.1, 0.15) is 28.2 Å². The van der Waals surface area contributed by atoms with Crippen LogP contribution >= 0.6 is 35.3 Å². The first-order valence-corrected chi connectivity index (χ1v) is 9.55. The van der Waals surface area contributed by atoms with Crippen LogP contribution in [-0.2, 0) is 13.1 Å². The van der Waals surface area contributed by atoms with Gasteiger partial charge in [0.15, 0.2) is 5.96 Å². The van der Waals surface area contributed by atoms with Gasteiger partial charge >= 0.3 is 0 Å². The number of halogens is 1. The maximum atomic E-state index is 4.91. The Morgan fingerprint density at radius 2 is 2.08 bits per heavy atom. The number of hydrogen-bond donors (Lipinski definition) is 1. The molecule has 1 fully saturated rings. The van der Waals surface area contributed by atoms with Gasteiger partial charge in [-0.05, 0) is 20.8 Å². The van der Waals surface area contributed by atoms with Crippen molar-refractivity contribution in [3.05, 3.63) is 33.6 Å². The van der Waals surface area contributed by atoms with Crippen molar-refractivity contribution in [3.8, 4) is 0 Å². The molecular weight excluding hydrogens is 463 g/mol. The van der Waals surface area contributed by atoms with Gasteiger partial charge in [-0.2, -0.15) is 0 Å². The van der Waals surface area contributed by atoms with E-state index < -0.39 is 0 Å². The zero-order chi connectivity index (χ0) is 17.6. The molecule has 0 unspecified atom stereocenters. The Hall–Kier alpha value is -1.20. The Morgan fingerprint density at radius 3 is 2.65 bits per heavy atom. The summed E-state index contributed by atoms with van der Waals surface area (Å²) in [5, 5.41) is 8.53. The summed E-state index contributed by atoms with van der Waals surface area (Å²) in [5.74, 6) is 0.994. The predicted molar refractivity (Wildman–Crippen MR) is 115 cm³/mol. The summed E-state index contributed by atoms with van der Waals surface area (Å²) in [6.07, 6.45) is 1.63. The molecule has 0 amide bonds. The molecule has 7 nitrogen and oxygen atoms in total. The van der Waals surface area contributed by atoms with Crippen molar-refractivity contribution in [2.24, 2.45) is 4.99 Å². The van der Waals surface area contributed by atoms with E-state index in [9.17, 15) is 0 Å². The van der Waals surface area contributed by atoms with Crippen molar-refractivity contribution in [2.45, 2.75) is 33.9 Å². The second-order valence-corrected chi connectivity index (χ2v) is 7.45. The average molecular weight is 490 g/mol. The summed E-state index contributed by atoms with van der Waals surface area (Å²) in [6.45, 7) is 12.5. The highest BCUT2D eigenvalue weighted by atomic mass is 127. The van der Waals surface area contributed by atoms with E-state index in [4.69, 9.17) is 9.52 Å². The number of nitrogens with one attached hydrogen (secondary N) is 1. The van der Waals surface area contributed by atoms with Gasteiger partial charge in [0.2, 0.25) is 0 Å². The monoisotopic (exact) mass is 490 g/mol. The van der Waals surface area contributed by atoms with E-state index in [0.29, 0.717) is 6.54 Å². The molecule has 0 spiro atoms. The molecule has 9 heteroatoms. The Labute approximate surface area is 175 Å². The number of aliphatic imine (C=N–C) groups is 1. The van der Waals surface area contributed by atoms with Gasteiger partial charge in [0, 0.05) is 50.2 Å². The number of guanidine groups is 1. The highest BCUT2D eigenvalue weighted by Crippen LogP contribution is 2.18. The average Bonchev–Trinajstić information content (AvgIpc) is 3.22. The van der Waals surface area contributed by atoms with Gasteiger partial charge < -0.3 is 14.7 Å². The van der Waals surface area contributed by atoms with Crippen molar-refractivity contribution in [1.82, 2.24) is 25.3 Å². The molecule has 0 radical (unpaired) electrons. The summed E-state index contributed by atoms with van der Waals surface area (Å²) in [7, 11) is 0. The first-order chi connectivity index (χ1) is 12.2. The second-order valence-electron chi connectivity index (χ2n) is 6.17. The zero-order valence-electron chi connectivity index (χ0n) is 15.6. The smallest absolute Gasteiger partial charge is 0.194 e. The zero-order valence-corrected chi connectivity index (χ0v) is 18.7. The molecular formula is C17H27IN6OS. The third kappa shape index (κ3) is 5.65. The van der Waals surface area contributed by atoms with Crippen LogP contribution < -0.4 is 5.32 Å². The number of aromatic nitrogens is 2. The molecule has 26 heavy (non-hydrogen) atoms. The van der Waals surface area contributed by atoms with E-state index >= 15 is 0 Å². The lowest BCUT2D eigenvalue weighted by Crippen LogP contribution is -2.52. The first kappa shape index (κ1) is 21.1. The molecule has 0 saturated carbocycles. The Balaban J connectivity index is 0.00000243. The van der Waals surface area contributed by atoms with Crippen molar-refractivity contribution in [2.75, 3.05) is 32.7 Å². The van der Waals surface area contributed by atoms with Crippen LogP contribution in [-0.4, -0.2) is 58.6 Å². The third-order valence-corrected chi connectivity index (χ3v) is 5.31. The summed E-state index contributed by atoms with van der Waals surface area (Å²) in [5.41, 5.74) is 2.09. The van der Waals surface area contributed by atoms with Crippen LogP contribution in [0.25, 0.3) is 0 Å². The molecule has 0 aromatic carbocycles. The molecule has 3 rings (SSSR count). The van der Waals surface area contributed by atoms with Crippen LogP contribution in [0.2, 0.25) is 0 Å². The molecule has 1 aliphatic rings. The summed E-state index contributed by atoms with van der Waals surface area (Å²) >= 11 is 1.74. The number of thiazole rings is 1. The van der Waals surface area contributed by atoms with Crippen LogP contribution in [0.4, 0.5) is 0 Å². The van der Waals surface area contributed by atoms with Crippen molar-refractivity contribution >= 4 is 41.3 Å². The van der Waals surface area contributed by atoms with Crippen molar-refractivity contribution in [3.63, 3.8) is 0 Å². The van der Waals surface area contributed by atoms with Crippen LogP contribution in [0.5, 0.6) is 0 Å². The summed E-state index contributed by atoms with van der Waals surface area (Å²) in [4.78, 5) is 15.3. The Bertz CT molecular complexity index is 694. The van der Waals surface area contributed by atoms with E-state index in [0.717, 1.165) is 61.6 Å². The molecule has 0 atom stereocenters. The molecule has 144 valence electrons. The lowest BCUT2D eigenvalue weighted by atomic mass is 10.3. The van der Waals surface area contributed by atoms with Crippen LogP contribution in [0.15, 0.2) is 21.8 Å². The fraction of sp³-hybridized carbons (Fsp3) is 0.588. The highest BCUT2D eigenvalue weighted by molar-refractivity contribution is 14.0. The fourth-order valence-corrected chi connectivity index (χ4v) is 3.82. The SMILES string of the molecule is CCNC(=NCc1sc(C)nc1C)N1CCN(Cc2ccon2)CC1.I. The third-order valence-electron chi connectivity index (χ3n) is 4.26. The molecule has 2 aromatic heterocycles. The quantitative estimate of drug-likeness (QED) is 0.395. The highest BCUT2D eigenvalue weighted by Gasteiger charge is 2.20. The maximum Gasteiger partial charge on any atom is 0.194 e. The first-order valence-electron chi connectivity index (χ1n) is 8.73. The molecule has 2 aromatic rings. The number of aryl methyl sites for hydroxylation is 2. The summed E-state index contributed by atoms with van der Waals surface area (Å²) in [6, 6.07) is 1.93. The topological polar surface area (TPSA) is 69.8 Å².